The van der Waals surface area contributed by atoms with Crippen LogP contribution in [0.1, 0.15) is 37.7 Å². The molecule has 5 nitrogen and oxygen atoms in total. The van der Waals surface area contributed by atoms with E-state index in [-0.39, 0.29) is 5.41 Å². The first-order chi connectivity index (χ1) is 9.71. The summed E-state index contributed by atoms with van der Waals surface area (Å²) >= 11 is 0. The molecule has 0 radical (unpaired) electrons. The van der Waals surface area contributed by atoms with Crippen molar-refractivity contribution in [2.75, 3.05) is 13.1 Å². The Kier molecular flexibility index (Phi) is 3.53. The van der Waals surface area contributed by atoms with Gasteiger partial charge < -0.3 is 9.84 Å². The van der Waals surface area contributed by atoms with Gasteiger partial charge in [-0.3, -0.25) is 4.98 Å². The van der Waals surface area contributed by atoms with E-state index in [1.807, 2.05) is 18.2 Å². The van der Waals surface area contributed by atoms with Crippen molar-refractivity contribution in [3.63, 3.8) is 0 Å². The molecule has 3 rings (SSSR count). The second kappa shape index (κ2) is 5.32. The van der Waals surface area contributed by atoms with Gasteiger partial charge in [-0.25, -0.2) is 0 Å². The number of nitrogens with zero attached hydrogens (tertiary/aromatic N) is 3. The summed E-state index contributed by atoms with van der Waals surface area (Å²) in [6, 6.07) is 5.86. The van der Waals surface area contributed by atoms with Crippen LogP contribution in [0.4, 0.5) is 0 Å². The highest BCUT2D eigenvalue weighted by atomic mass is 16.5. The number of hydrogen-bond acceptors (Lipinski definition) is 5. The Balaban J connectivity index is 1.83. The maximum Gasteiger partial charge on any atom is 0.234 e. The molecule has 1 atom stereocenters. The SMILES string of the molecule is CC(C)C1(c2nc(Cc3ccccn3)no2)CCNC1. The monoisotopic (exact) mass is 272 g/mol. The molecule has 0 amide bonds. The minimum Gasteiger partial charge on any atom is -0.339 e. The molecule has 1 aliphatic rings. The van der Waals surface area contributed by atoms with Crippen LogP contribution in [0.2, 0.25) is 0 Å². The summed E-state index contributed by atoms with van der Waals surface area (Å²) < 4.78 is 5.56. The lowest BCUT2D eigenvalue weighted by Crippen LogP contribution is -2.35. The van der Waals surface area contributed by atoms with Gasteiger partial charge in [-0.15, -0.1) is 0 Å². The van der Waals surface area contributed by atoms with E-state index in [9.17, 15) is 0 Å². The van der Waals surface area contributed by atoms with E-state index in [1.165, 1.54) is 0 Å². The van der Waals surface area contributed by atoms with E-state index in [2.05, 4.69) is 34.3 Å². The third-order valence-corrected chi connectivity index (χ3v) is 4.25. The number of aromatic nitrogens is 3. The zero-order valence-electron chi connectivity index (χ0n) is 12.0. The van der Waals surface area contributed by atoms with E-state index in [1.54, 1.807) is 6.20 Å². The van der Waals surface area contributed by atoms with Gasteiger partial charge in [-0.1, -0.05) is 25.1 Å². The molecule has 1 unspecified atom stereocenters. The third-order valence-electron chi connectivity index (χ3n) is 4.25. The Hall–Kier alpha value is -1.75. The molecule has 0 saturated carbocycles. The van der Waals surface area contributed by atoms with Gasteiger partial charge in [0.1, 0.15) is 0 Å². The summed E-state index contributed by atoms with van der Waals surface area (Å²) in [5.41, 5.74) is 0.943. The summed E-state index contributed by atoms with van der Waals surface area (Å²) in [6.07, 6.45) is 3.45. The van der Waals surface area contributed by atoms with Gasteiger partial charge in [0, 0.05) is 18.4 Å². The van der Waals surface area contributed by atoms with Crippen molar-refractivity contribution >= 4 is 0 Å². The smallest absolute Gasteiger partial charge is 0.234 e. The van der Waals surface area contributed by atoms with E-state index in [4.69, 9.17) is 4.52 Å². The predicted octanol–water partition coefficient (Wildman–Crippen LogP) is 1.94. The predicted molar refractivity (Wildman–Crippen MR) is 75.3 cm³/mol. The average Bonchev–Trinajstić information content (AvgIpc) is 3.09. The number of nitrogens with one attached hydrogen (secondary N) is 1. The third kappa shape index (κ3) is 2.33. The molecular formula is C15H20N4O. The van der Waals surface area contributed by atoms with Crippen molar-refractivity contribution < 1.29 is 4.52 Å². The molecule has 5 heteroatoms. The minimum atomic E-state index is -0.0185. The van der Waals surface area contributed by atoms with Crippen molar-refractivity contribution in [1.82, 2.24) is 20.4 Å². The normalized spacial score (nSPS) is 22.6. The van der Waals surface area contributed by atoms with E-state index >= 15 is 0 Å². The quantitative estimate of drug-likeness (QED) is 0.921. The van der Waals surface area contributed by atoms with E-state index in [0.29, 0.717) is 18.2 Å². The summed E-state index contributed by atoms with van der Waals surface area (Å²) in [4.78, 5) is 8.92. The zero-order valence-corrected chi connectivity index (χ0v) is 12.0. The molecule has 1 saturated heterocycles. The van der Waals surface area contributed by atoms with Crippen molar-refractivity contribution in [2.24, 2.45) is 5.92 Å². The molecule has 0 aliphatic carbocycles. The van der Waals surface area contributed by atoms with Crippen molar-refractivity contribution in [1.29, 1.82) is 0 Å². The molecule has 2 aromatic rings. The molecule has 0 spiro atoms. The maximum atomic E-state index is 5.56. The Morgan fingerprint density at radius 3 is 2.95 bits per heavy atom. The molecule has 106 valence electrons. The van der Waals surface area contributed by atoms with Crippen LogP contribution in [-0.2, 0) is 11.8 Å². The van der Waals surface area contributed by atoms with E-state index < -0.39 is 0 Å². The molecule has 0 bridgehead atoms. The average molecular weight is 272 g/mol. The number of hydrogen-bond donors (Lipinski definition) is 1. The lowest BCUT2D eigenvalue weighted by atomic mass is 9.76. The highest BCUT2D eigenvalue weighted by Crippen LogP contribution is 2.36. The summed E-state index contributed by atoms with van der Waals surface area (Å²) in [6.45, 7) is 6.36. The fourth-order valence-corrected chi connectivity index (χ4v) is 2.83. The van der Waals surface area contributed by atoms with Gasteiger partial charge >= 0.3 is 0 Å². The summed E-state index contributed by atoms with van der Waals surface area (Å²) in [7, 11) is 0. The Bertz CT molecular complexity index is 558. The standard InChI is InChI=1S/C15H20N4O/c1-11(2)15(6-8-16-10-15)14-18-13(19-20-14)9-12-5-3-4-7-17-12/h3-5,7,11,16H,6,8-10H2,1-2H3. The first kappa shape index (κ1) is 13.2. The fraction of sp³-hybridized carbons (Fsp3) is 0.533. The van der Waals surface area contributed by atoms with Crippen molar-refractivity contribution in [3.8, 4) is 0 Å². The van der Waals surface area contributed by atoms with E-state index in [0.717, 1.165) is 31.1 Å². The second-order valence-corrected chi connectivity index (χ2v) is 5.75. The Labute approximate surface area is 118 Å². The first-order valence-electron chi connectivity index (χ1n) is 7.14. The molecule has 3 heterocycles. The zero-order chi connectivity index (χ0) is 14.0. The number of rotatable bonds is 4. The lowest BCUT2D eigenvalue weighted by Gasteiger charge is -2.28. The Morgan fingerprint density at radius 2 is 2.30 bits per heavy atom. The second-order valence-electron chi connectivity index (χ2n) is 5.75. The summed E-state index contributed by atoms with van der Waals surface area (Å²) in [5.74, 6) is 1.95. The molecular weight excluding hydrogens is 252 g/mol. The highest BCUT2D eigenvalue weighted by Gasteiger charge is 2.43. The van der Waals surface area contributed by atoms with Crippen LogP contribution >= 0.6 is 0 Å². The Morgan fingerprint density at radius 1 is 1.40 bits per heavy atom. The van der Waals surface area contributed by atoms with Gasteiger partial charge in [-0.05, 0) is 31.0 Å². The lowest BCUT2D eigenvalue weighted by molar-refractivity contribution is 0.234. The topological polar surface area (TPSA) is 63.8 Å². The summed E-state index contributed by atoms with van der Waals surface area (Å²) in [5, 5.41) is 7.54. The van der Waals surface area contributed by atoms with Crippen molar-refractivity contribution in [3.05, 3.63) is 41.8 Å². The fourth-order valence-electron chi connectivity index (χ4n) is 2.83. The van der Waals surface area contributed by atoms with Crippen LogP contribution in [0, 0.1) is 5.92 Å². The molecule has 1 N–H and O–H groups in total. The number of pyridine rings is 1. The molecule has 0 aromatic carbocycles. The van der Waals surface area contributed by atoms with Crippen LogP contribution in [0.3, 0.4) is 0 Å². The largest absolute Gasteiger partial charge is 0.339 e. The van der Waals surface area contributed by atoms with Gasteiger partial charge in [0.2, 0.25) is 5.89 Å². The molecule has 1 fully saturated rings. The van der Waals surface area contributed by atoms with Crippen LogP contribution in [0.25, 0.3) is 0 Å². The van der Waals surface area contributed by atoms with Gasteiger partial charge in [0.25, 0.3) is 0 Å². The van der Waals surface area contributed by atoms with Gasteiger partial charge in [0.15, 0.2) is 5.82 Å². The first-order valence-corrected chi connectivity index (χ1v) is 7.14. The molecule has 2 aromatic heterocycles. The van der Waals surface area contributed by atoms with Crippen LogP contribution in [-0.4, -0.2) is 28.2 Å². The van der Waals surface area contributed by atoms with Crippen LogP contribution in [0.5, 0.6) is 0 Å². The maximum absolute atomic E-state index is 5.56. The van der Waals surface area contributed by atoms with Gasteiger partial charge in [0.05, 0.1) is 11.8 Å². The molecule has 20 heavy (non-hydrogen) atoms. The molecule has 1 aliphatic heterocycles. The highest BCUT2D eigenvalue weighted by molar-refractivity contribution is 5.14. The van der Waals surface area contributed by atoms with Gasteiger partial charge in [-0.2, -0.15) is 4.98 Å². The van der Waals surface area contributed by atoms with Crippen LogP contribution in [0.15, 0.2) is 28.9 Å². The van der Waals surface area contributed by atoms with Crippen LogP contribution < -0.4 is 5.32 Å². The van der Waals surface area contributed by atoms with Crippen molar-refractivity contribution in [2.45, 2.75) is 32.1 Å². The minimum absolute atomic E-state index is 0.0185.